The van der Waals surface area contributed by atoms with Gasteiger partial charge in [-0.25, -0.2) is 4.79 Å². The van der Waals surface area contributed by atoms with E-state index < -0.39 is 12.1 Å². The Labute approximate surface area is 167 Å². The number of ether oxygens (including phenoxy) is 2. The molecule has 0 aliphatic carbocycles. The standard InChI is InChI=1S/C22H19N3O4/c1-15(20-23-24-21(29-20)16-7-11-19(27-2)12-8-16)28-22(26)17-5-9-18(10-6-17)25-13-3-4-14-25/h3-15H,1-2H3/t15-/m0/s1. The van der Waals surface area contributed by atoms with E-state index in [1.165, 1.54) is 0 Å². The highest BCUT2D eigenvalue weighted by Crippen LogP contribution is 2.25. The molecule has 0 amide bonds. The van der Waals surface area contributed by atoms with Crippen LogP contribution in [-0.2, 0) is 4.74 Å². The third kappa shape index (κ3) is 4.03. The van der Waals surface area contributed by atoms with Crippen LogP contribution < -0.4 is 4.74 Å². The first-order valence-corrected chi connectivity index (χ1v) is 9.06. The van der Waals surface area contributed by atoms with Gasteiger partial charge in [-0.1, -0.05) is 0 Å². The van der Waals surface area contributed by atoms with Crippen molar-refractivity contribution < 1.29 is 18.7 Å². The number of hydrogen-bond acceptors (Lipinski definition) is 6. The summed E-state index contributed by atoms with van der Waals surface area (Å²) in [6.07, 6.45) is 3.20. The molecule has 7 heteroatoms. The Bertz CT molecular complexity index is 1080. The zero-order valence-corrected chi connectivity index (χ0v) is 16.0. The van der Waals surface area contributed by atoms with Gasteiger partial charge in [0, 0.05) is 23.6 Å². The summed E-state index contributed by atoms with van der Waals surface area (Å²) in [5.74, 6) is 0.856. The number of rotatable bonds is 6. The number of benzene rings is 2. The molecule has 4 rings (SSSR count). The van der Waals surface area contributed by atoms with Crippen molar-refractivity contribution in [3.05, 3.63) is 84.5 Å². The Morgan fingerprint density at radius 2 is 1.69 bits per heavy atom. The molecular weight excluding hydrogens is 370 g/mol. The topological polar surface area (TPSA) is 79.4 Å². The fraction of sp³-hybridized carbons (Fsp3) is 0.136. The minimum Gasteiger partial charge on any atom is -0.497 e. The van der Waals surface area contributed by atoms with E-state index in [1.54, 1.807) is 38.3 Å². The molecule has 0 N–H and O–H groups in total. The molecule has 0 radical (unpaired) electrons. The Kier molecular flexibility index (Phi) is 5.11. The molecule has 1 atom stereocenters. The maximum Gasteiger partial charge on any atom is 0.338 e. The molecular formula is C22H19N3O4. The monoisotopic (exact) mass is 389 g/mol. The summed E-state index contributed by atoms with van der Waals surface area (Å²) in [6, 6.07) is 18.3. The summed E-state index contributed by atoms with van der Waals surface area (Å²) in [5, 5.41) is 8.03. The van der Waals surface area contributed by atoms with Crippen molar-refractivity contribution in [2.24, 2.45) is 0 Å². The highest BCUT2D eigenvalue weighted by molar-refractivity contribution is 5.89. The van der Waals surface area contributed by atoms with Gasteiger partial charge in [-0.05, 0) is 67.6 Å². The van der Waals surface area contributed by atoms with Crippen LogP contribution in [0.15, 0.2) is 77.5 Å². The molecule has 0 spiro atoms. The van der Waals surface area contributed by atoms with E-state index >= 15 is 0 Å². The third-order valence-electron chi connectivity index (χ3n) is 4.41. The summed E-state index contributed by atoms with van der Waals surface area (Å²) in [4.78, 5) is 12.4. The van der Waals surface area contributed by atoms with Crippen molar-refractivity contribution in [3.8, 4) is 22.9 Å². The highest BCUT2D eigenvalue weighted by atomic mass is 16.6. The lowest BCUT2D eigenvalue weighted by Crippen LogP contribution is -2.09. The van der Waals surface area contributed by atoms with Gasteiger partial charge in [-0.3, -0.25) is 0 Å². The number of carbonyl (C=O) groups excluding carboxylic acids is 1. The Morgan fingerprint density at radius 3 is 2.34 bits per heavy atom. The fourth-order valence-corrected chi connectivity index (χ4v) is 2.80. The van der Waals surface area contributed by atoms with E-state index in [4.69, 9.17) is 13.9 Å². The van der Waals surface area contributed by atoms with Crippen molar-refractivity contribution in [2.75, 3.05) is 7.11 Å². The van der Waals surface area contributed by atoms with Crippen LogP contribution in [0.5, 0.6) is 5.75 Å². The predicted octanol–water partition coefficient (Wildman–Crippen LogP) is 4.45. The highest BCUT2D eigenvalue weighted by Gasteiger charge is 2.20. The summed E-state index contributed by atoms with van der Waals surface area (Å²) in [7, 11) is 1.60. The number of aromatic nitrogens is 3. The number of hydrogen-bond donors (Lipinski definition) is 0. The second kappa shape index (κ2) is 8.02. The van der Waals surface area contributed by atoms with Crippen LogP contribution >= 0.6 is 0 Å². The molecule has 4 aromatic rings. The van der Waals surface area contributed by atoms with Crippen molar-refractivity contribution in [1.29, 1.82) is 0 Å². The van der Waals surface area contributed by atoms with Gasteiger partial charge in [-0.15, -0.1) is 10.2 Å². The summed E-state index contributed by atoms with van der Waals surface area (Å²) in [5.41, 5.74) is 2.16. The van der Waals surface area contributed by atoms with Gasteiger partial charge in [0.1, 0.15) is 5.75 Å². The lowest BCUT2D eigenvalue weighted by atomic mass is 10.2. The van der Waals surface area contributed by atoms with Crippen LogP contribution in [0.25, 0.3) is 17.1 Å². The van der Waals surface area contributed by atoms with E-state index in [9.17, 15) is 4.79 Å². The summed E-state index contributed by atoms with van der Waals surface area (Å²) < 4.78 is 18.2. The van der Waals surface area contributed by atoms with Crippen LogP contribution in [0, 0.1) is 0 Å². The van der Waals surface area contributed by atoms with Crippen LogP contribution in [0.2, 0.25) is 0 Å². The van der Waals surface area contributed by atoms with Crippen molar-refractivity contribution >= 4 is 5.97 Å². The quantitative estimate of drug-likeness (QED) is 0.453. The van der Waals surface area contributed by atoms with E-state index in [0.717, 1.165) is 17.0 Å². The molecule has 29 heavy (non-hydrogen) atoms. The lowest BCUT2D eigenvalue weighted by molar-refractivity contribution is 0.0280. The van der Waals surface area contributed by atoms with E-state index in [0.29, 0.717) is 11.5 Å². The summed E-state index contributed by atoms with van der Waals surface area (Å²) >= 11 is 0. The molecule has 0 aliphatic heterocycles. The van der Waals surface area contributed by atoms with Gasteiger partial charge in [-0.2, -0.15) is 0 Å². The van der Waals surface area contributed by atoms with E-state index in [1.807, 2.05) is 53.4 Å². The van der Waals surface area contributed by atoms with Gasteiger partial charge < -0.3 is 18.5 Å². The van der Waals surface area contributed by atoms with E-state index in [-0.39, 0.29) is 5.89 Å². The minimum absolute atomic E-state index is 0.230. The zero-order valence-electron chi connectivity index (χ0n) is 16.0. The lowest BCUT2D eigenvalue weighted by Gasteiger charge is -2.10. The number of nitrogens with zero attached hydrogens (tertiary/aromatic N) is 3. The SMILES string of the molecule is COc1ccc(-c2nnc([C@H](C)OC(=O)c3ccc(-n4cccc4)cc3)o2)cc1. The second-order valence-corrected chi connectivity index (χ2v) is 6.36. The first kappa shape index (κ1) is 18.5. The third-order valence-corrected chi connectivity index (χ3v) is 4.41. The minimum atomic E-state index is -0.675. The van der Waals surface area contributed by atoms with Crippen LogP contribution in [0.3, 0.4) is 0 Å². The molecule has 2 aromatic carbocycles. The van der Waals surface area contributed by atoms with Crippen LogP contribution in [0.4, 0.5) is 0 Å². The average Bonchev–Trinajstić information content (AvgIpc) is 3.46. The molecule has 0 fully saturated rings. The number of carbonyl (C=O) groups is 1. The fourth-order valence-electron chi connectivity index (χ4n) is 2.80. The van der Waals surface area contributed by atoms with Gasteiger partial charge in [0.2, 0.25) is 5.89 Å². The molecule has 0 bridgehead atoms. The van der Waals surface area contributed by atoms with Crippen molar-refractivity contribution in [3.63, 3.8) is 0 Å². The Balaban J connectivity index is 1.43. The predicted molar refractivity (Wildman–Crippen MR) is 106 cm³/mol. The first-order chi connectivity index (χ1) is 14.1. The Morgan fingerprint density at radius 1 is 1.00 bits per heavy atom. The molecule has 0 saturated carbocycles. The summed E-state index contributed by atoms with van der Waals surface area (Å²) in [6.45, 7) is 1.69. The molecule has 146 valence electrons. The zero-order chi connectivity index (χ0) is 20.2. The molecule has 7 nitrogen and oxygen atoms in total. The first-order valence-electron chi connectivity index (χ1n) is 9.06. The normalized spacial score (nSPS) is 11.8. The number of methoxy groups -OCH3 is 1. The van der Waals surface area contributed by atoms with Gasteiger partial charge in [0.05, 0.1) is 12.7 Å². The maximum atomic E-state index is 12.4. The second-order valence-electron chi connectivity index (χ2n) is 6.36. The largest absolute Gasteiger partial charge is 0.497 e. The Hall–Kier alpha value is -3.87. The smallest absolute Gasteiger partial charge is 0.338 e. The number of esters is 1. The molecule has 0 saturated heterocycles. The van der Waals surface area contributed by atoms with Crippen LogP contribution in [-0.4, -0.2) is 27.8 Å². The van der Waals surface area contributed by atoms with Crippen LogP contribution in [0.1, 0.15) is 29.3 Å². The molecule has 2 heterocycles. The van der Waals surface area contributed by atoms with Crippen molar-refractivity contribution in [1.82, 2.24) is 14.8 Å². The molecule has 0 unspecified atom stereocenters. The van der Waals surface area contributed by atoms with Gasteiger partial charge >= 0.3 is 5.97 Å². The van der Waals surface area contributed by atoms with Gasteiger partial charge in [0.25, 0.3) is 5.89 Å². The average molecular weight is 389 g/mol. The maximum absolute atomic E-state index is 12.4. The van der Waals surface area contributed by atoms with Crippen molar-refractivity contribution in [2.45, 2.75) is 13.0 Å². The van der Waals surface area contributed by atoms with E-state index in [2.05, 4.69) is 10.2 Å². The van der Waals surface area contributed by atoms with Gasteiger partial charge in [0.15, 0.2) is 6.10 Å². The molecule has 2 aromatic heterocycles. The molecule has 0 aliphatic rings.